The molecule has 0 aromatic carbocycles. The number of nitrogens with zero attached hydrogens (tertiary/aromatic N) is 7. The largest absolute Gasteiger partial charge is 0.349 e. The zero-order valence-corrected chi connectivity index (χ0v) is 16.8. The minimum Gasteiger partial charge on any atom is -0.349 e. The molecule has 0 unspecified atom stereocenters. The molecule has 2 atom stereocenters. The number of aromatic nitrogens is 4. The highest BCUT2D eigenvalue weighted by Gasteiger charge is 2.45. The summed E-state index contributed by atoms with van der Waals surface area (Å²) >= 11 is 0. The second kappa shape index (κ2) is 7.10. The summed E-state index contributed by atoms with van der Waals surface area (Å²) in [5.41, 5.74) is 0.178. The summed E-state index contributed by atoms with van der Waals surface area (Å²) in [5.74, 6) is 0.960. The number of piperidine rings is 2. The zero-order chi connectivity index (χ0) is 20.8. The van der Waals surface area contributed by atoms with Crippen LogP contribution in [-0.4, -0.2) is 62.4 Å². The van der Waals surface area contributed by atoms with Crippen molar-refractivity contribution < 1.29 is 9.18 Å². The maximum Gasteiger partial charge on any atom is 0.231 e. The summed E-state index contributed by atoms with van der Waals surface area (Å²) in [6.45, 7) is 3.71. The third-order valence-electron chi connectivity index (χ3n) is 5.83. The highest BCUT2D eigenvalue weighted by molar-refractivity contribution is 5.83. The predicted molar refractivity (Wildman–Crippen MR) is 105 cm³/mol. The SMILES string of the molecule is Cn1cc(-c2ncc(C#N)c(N3C[C@@H]4CC[C@H]3CN4C(=O)C(C)(C)CF)n2)cn1. The molecule has 0 radical (unpaired) electrons. The number of hydrogen-bond acceptors (Lipinski definition) is 6. The molecule has 3 fully saturated rings. The fraction of sp³-hybridized carbons (Fsp3) is 0.550. The Balaban J connectivity index is 1.64. The number of aryl methyl sites for hydroxylation is 1. The van der Waals surface area contributed by atoms with Crippen molar-refractivity contribution in [3.63, 3.8) is 0 Å². The fourth-order valence-electron chi connectivity index (χ4n) is 4.13. The van der Waals surface area contributed by atoms with E-state index < -0.39 is 12.1 Å². The van der Waals surface area contributed by atoms with Gasteiger partial charge in [0.25, 0.3) is 0 Å². The Morgan fingerprint density at radius 1 is 1.31 bits per heavy atom. The number of nitriles is 1. The number of piperazine rings is 1. The van der Waals surface area contributed by atoms with Crippen LogP contribution in [0.5, 0.6) is 0 Å². The highest BCUT2D eigenvalue weighted by Crippen LogP contribution is 2.36. The molecule has 29 heavy (non-hydrogen) atoms. The van der Waals surface area contributed by atoms with Crippen LogP contribution in [0.3, 0.4) is 0 Å². The first-order valence-electron chi connectivity index (χ1n) is 9.74. The average Bonchev–Trinajstić information content (AvgIpc) is 3.19. The normalized spacial score (nSPS) is 21.3. The van der Waals surface area contributed by atoms with Crippen molar-refractivity contribution in [3.05, 3.63) is 24.2 Å². The van der Waals surface area contributed by atoms with E-state index >= 15 is 0 Å². The maximum atomic E-state index is 13.3. The molecule has 2 bridgehead atoms. The van der Waals surface area contributed by atoms with Gasteiger partial charge in [0.2, 0.25) is 5.91 Å². The van der Waals surface area contributed by atoms with E-state index in [2.05, 4.69) is 26.0 Å². The first-order chi connectivity index (χ1) is 13.8. The molecule has 9 heteroatoms. The van der Waals surface area contributed by atoms with Crippen LogP contribution in [-0.2, 0) is 11.8 Å². The summed E-state index contributed by atoms with van der Waals surface area (Å²) in [7, 11) is 1.82. The van der Waals surface area contributed by atoms with Gasteiger partial charge in [-0.05, 0) is 26.7 Å². The number of carbonyl (C=O) groups excluding carboxylic acids is 1. The van der Waals surface area contributed by atoms with Gasteiger partial charge in [0, 0.05) is 38.4 Å². The van der Waals surface area contributed by atoms with E-state index in [0.29, 0.717) is 30.3 Å². The quantitative estimate of drug-likeness (QED) is 0.783. The molecular weight excluding hydrogens is 373 g/mol. The Bertz CT molecular complexity index is 979. The number of carbonyl (C=O) groups is 1. The van der Waals surface area contributed by atoms with Gasteiger partial charge in [-0.25, -0.2) is 14.4 Å². The Morgan fingerprint density at radius 3 is 2.66 bits per heavy atom. The molecule has 0 aliphatic carbocycles. The molecule has 2 aromatic heterocycles. The van der Waals surface area contributed by atoms with E-state index in [9.17, 15) is 14.4 Å². The number of alkyl halides is 1. The minimum atomic E-state index is -1.01. The molecule has 3 aliphatic rings. The van der Waals surface area contributed by atoms with E-state index in [-0.39, 0.29) is 18.0 Å². The highest BCUT2D eigenvalue weighted by atomic mass is 19.1. The standard InChI is InChI=1S/C20H24FN7O/c1-20(2,12-21)19(29)28-11-15-4-5-16(28)10-27(15)18-13(6-22)7-23-17(25-18)14-8-24-26(3)9-14/h7-9,15-16H,4-5,10-12H2,1-3H3/t15-,16-/m0/s1. The van der Waals surface area contributed by atoms with Gasteiger partial charge in [-0.3, -0.25) is 9.48 Å². The monoisotopic (exact) mass is 397 g/mol. The number of rotatable bonds is 4. The van der Waals surface area contributed by atoms with Crippen LogP contribution in [0.1, 0.15) is 32.3 Å². The Morgan fingerprint density at radius 2 is 2.07 bits per heavy atom. The molecule has 2 aromatic rings. The van der Waals surface area contributed by atoms with Gasteiger partial charge in [-0.15, -0.1) is 0 Å². The summed E-state index contributed by atoms with van der Waals surface area (Å²) in [6.07, 6.45) is 6.83. The van der Waals surface area contributed by atoms with Crippen molar-refractivity contribution in [1.29, 1.82) is 5.26 Å². The minimum absolute atomic E-state index is 0.0123. The van der Waals surface area contributed by atoms with Gasteiger partial charge < -0.3 is 9.80 Å². The molecule has 0 saturated carbocycles. The first kappa shape index (κ1) is 19.3. The van der Waals surface area contributed by atoms with Crippen LogP contribution in [0.4, 0.5) is 10.2 Å². The zero-order valence-electron chi connectivity index (χ0n) is 16.8. The first-order valence-corrected chi connectivity index (χ1v) is 9.74. The van der Waals surface area contributed by atoms with Crippen LogP contribution in [0.2, 0.25) is 0 Å². The number of anilines is 1. The molecule has 0 spiro atoms. The molecule has 5 heterocycles. The van der Waals surface area contributed by atoms with Crippen LogP contribution < -0.4 is 4.90 Å². The van der Waals surface area contributed by atoms with Crippen molar-refractivity contribution in [3.8, 4) is 17.5 Å². The van der Waals surface area contributed by atoms with Crippen molar-refractivity contribution in [1.82, 2.24) is 24.6 Å². The lowest BCUT2D eigenvalue weighted by Gasteiger charge is -2.53. The average molecular weight is 397 g/mol. The van der Waals surface area contributed by atoms with Crippen molar-refractivity contribution in [2.75, 3.05) is 24.7 Å². The van der Waals surface area contributed by atoms with E-state index in [0.717, 1.165) is 18.4 Å². The third-order valence-corrected chi connectivity index (χ3v) is 5.83. The second-order valence-electron chi connectivity index (χ2n) is 8.46. The fourth-order valence-corrected chi connectivity index (χ4v) is 4.13. The van der Waals surface area contributed by atoms with Crippen molar-refractivity contribution in [2.45, 2.75) is 38.8 Å². The molecule has 3 saturated heterocycles. The van der Waals surface area contributed by atoms with E-state index in [4.69, 9.17) is 0 Å². The Labute approximate surface area is 169 Å². The Hall–Kier alpha value is -3.02. The van der Waals surface area contributed by atoms with Gasteiger partial charge in [-0.2, -0.15) is 10.4 Å². The second-order valence-corrected chi connectivity index (χ2v) is 8.46. The predicted octanol–water partition coefficient (Wildman–Crippen LogP) is 1.92. The third kappa shape index (κ3) is 3.33. The van der Waals surface area contributed by atoms with Gasteiger partial charge >= 0.3 is 0 Å². The van der Waals surface area contributed by atoms with E-state index in [1.807, 2.05) is 18.1 Å². The van der Waals surface area contributed by atoms with E-state index in [1.165, 1.54) is 0 Å². The van der Waals surface area contributed by atoms with Crippen LogP contribution in [0.25, 0.3) is 11.4 Å². The van der Waals surface area contributed by atoms with Crippen LogP contribution in [0.15, 0.2) is 18.6 Å². The lowest BCUT2D eigenvalue weighted by Crippen LogP contribution is -2.66. The molecule has 5 rings (SSSR count). The summed E-state index contributed by atoms with van der Waals surface area (Å²) in [5, 5.41) is 13.7. The maximum absolute atomic E-state index is 13.3. The summed E-state index contributed by atoms with van der Waals surface area (Å²) < 4.78 is 15.0. The molecule has 0 N–H and O–H groups in total. The van der Waals surface area contributed by atoms with Gasteiger partial charge in [0.15, 0.2) is 11.6 Å². The number of hydrogen-bond donors (Lipinski definition) is 0. The molecule has 1 amide bonds. The summed E-state index contributed by atoms with van der Waals surface area (Å²) in [4.78, 5) is 25.8. The van der Waals surface area contributed by atoms with Crippen molar-refractivity contribution in [2.24, 2.45) is 12.5 Å². The van der Waals surface area contributed by atoms with Gasteiger partial charge in [-0.1, -0.05) is 0 Å². The molecule has 8 nitrogen and oxygen atoms in total. The molecular formula is C20H24FN7O. The lowest BCUT2D eigenvalue weighted by atomic mass is 9.86. The van der Waals surface area contributed by atoms with Gasteiger partial charge in [0.05, 0.1) is 23.4 Å². The number of amides is 1. The van der Waals surface area contributed by atoms with E-state index in [1.54, 1.807) is 30.9 Å². The molecule has 152 valence electrons. The van der Waals surface area contributed by atoms with Crippen molar-refractivity contribution >= 4 is 11.7 Å². The smallest absolute Gasteiger partial charge is 0.231 e. The topological polar surface area (TPSA) is 90.9 Å². The molecule has 3 aliphatic heterocycles. The summed E-state index contributed by atoms with van der Waals surface area (Å²) in [6, 6.07) is 2.22. The number of halogens is 1. The Kier molecular flexibility index (Phi) is 4.73. The van der Waals surface area contributed by atoms with Gasteiger partial charge in [0.1, 0.15) is 18.3 Å². The lowest BCUT2D eigenvalue weighted by molar-refractivity contribution is -0.146. The number of fused-ring (bicyclic) bond motifs is 3. The van der Waals surface area contributed by atoms with Crippen LogP contribution >= 0.6 is 0 Å². The van der Waals surface area contributed by atoms with Crippen LogP contribution in [0, 0.1) is 16.7 Å².